The number of nitrogens with two attached hydrogens (primary N) is 3. The molecule has 12 N–H and O–H groups in total. The number of rotatable bonds is 13. The average molecular weight is 822 g/mol. The molecule has 0 saturated carbocycles. The standard InChI is InChI=1S/C31H35N8O13P3/c32-21-7-5-18-11-19-6-8-22(33)13-24(19)38(23(18)12-21)10-2-4-27(41)35-9-1-3-20-15-39(31-29(20)30(34)36-17-37-31)28-14-25(40)26(50-28)16-49-54(45,46)52-55(47,48)51-53(42,43)44/h5-8,11-13,15,17,25-26,28,40H,2,4,9-10,14,16H2,(H10,32,33,34,35,36,37,41,42,43,44,45,46,47,48)/p+1/t25-,26+,28+/m0/s1. The van der Waals surface area contributed by atoms with E-state index in [0.717, 1.165) is 21.8 Å². The molecule has 6 rings (SSSR count). The molecular weight excluding hydrogens is 785 g/mol. The second-order valence-electron chi connectivity index (χ2n) is 12.3. The Kier molecular flexibility index (Phi) is 11.6. The number of nitrogen functional groups attached to an aromatic ring is 3. The van der Waals surface area contributed by atoms with Crippen LogP contribution < -0.4 is 27.1 Å². The van der Waals surface area contributed by atoms with E-state index in [2.05, 4.69) is 50.9 Å². The van der Waals surface area contributed by atoms with Gasteiger partial charge in [-0.1, -0.05) is 11.8 Å². The number of benzene rings is 2. The summed E-state index contributed by atoms with van der Waals surface area (Å²) in [4.78, 5) is 57.6. The summed E-state index contributed by atoms with van der Waals surface area (Å²) in [5.74, 6) is 5.69. The molecule has 1 amide bonds. The lowest BCUT2D eigenvalue weighted by Gasteiger charge is -2.19. The number of aryl methyl sites for hydroxylation is 1. The van der Waals surface area contributed by atoms with Gasteiger partial charge < -0.3 is 56.5 Å². The van der Waals surface area contributed by atoms with Crippen molar-refractivity contribution in [2.24, 2.45) is 0 Å². The van der Waals surface area contributed by atoms with Crippen LogP contribution in [-0.2, 0) is 42.9 Å². The number of fused-ring (bicyclic) bond motifs is 3. The molecular formula is C31H36N8O13P3+. The van der Waals surface area contributed by atoms with Gasteiger partial charge in [-0.2, -0.15) is 13.2 Å². The number of nitrogens with zero attached hydrogens (tertiary/aromatic N) is 4. The zero-order valence-corrected chi connectivity index (χ0v) is 31.2. The Bertz CT molecular complexity index is 2440. The van der Waals surface area contributed by atoms with Crippen LogP contribution in [0.3, 0.4) is 0 Å². The Labute approximate surface area is 311 Å². The second-order valence-corrected chi connectivity index (χ2v) is 16.8. The molecule has 1 saturated heterocycles. The smallest absolute Gasteiger partial charge is 0.399 e. The lowest BCUT2D eigenvalue weighted by molar-refractivity contribution is -0.645. The molecule has 4 heterocycles. The SMILES string of the molecule is Nc1ccc2cc3ccc(N)cc3[n+](CCCC(=O)NCC#Cc3cn([C@H]4C[C@H](O)[C@@H](COP(=O)(O)OP(=O)(O)OP(=O)(O)O)O4)c4ncnc(N)c34)c2c1. The van der Waals surface area contributed by atoms with Crippen LogP contribution in [-0.4, -0.2) is 70.5 Å². The van der Waals surface area contributed by atoms with Crippen LogP contribution >= 0.6 is 23.5 Å². The van der Waals surface area contributed by atoms with E-state index in [0.29, 0.717) is 35.3 Å². The molecule has 2 unspecified atom stereocenters. The molecule has 21 nitrogen and oxygen atoms in total. The van der Waals surface area contributed by atoms with Gasteiger partial charge in [0, 0.05) is 59.7 Å². The molecule has 0 spiro atoms. The predicted octanol–water partition coefficient (Wildman–Crippen LogP) is 1.71. The average Bonchev–Trinajstić information content (AvgIpc) is 3.64. The Morgan fingerprint density at radius 1 is 0.982 bits per heavy atom. The second kappa shape index (κ2) is 15.9. The quantitative estimate of drug-likeness (QED) is 0.0268. The topological polar surface area (TPSA) is 331 Å². The van der Waals surface area contributed by atoms with Crippen LogP contribution in [0.1, 0.15) is 31.1 Å². The van der Waals surface area contributed by atoms with E-state index in [9.17, 15) is 33.4 Å². The Balaban J connectivity index is 1.08. The monoisotopic (exact) mass is 821 g/mol. The van der Waals surface area contributed by atoms with Crippen LogP contribution in [0.2, 0.25) is 0 Å². The number of aromatic nitrogens is 4. The van der Waals surface area contributed by atoms with E-state index >= 15 is 0 Å². The van der Waals surface area contributed by atoms with Crippen molar-refractivity contribution in [2.75, 3.05) is 30.4 Å². The van der Waals surface area contributed by atoms with E-state index in [4.69, 9.17) is 31.7 Å². The highest BCUT2D eigenvalue weighted by Gasteiger charge is 2.43. The van der Waals surface area contributed by atoms with Crippen molar-refractivity contribution in [3.8, 4) is 11.8 Å². The molecule has 5 aromatic rings. The fraction of sp³-hybridized carbons (Fsp3) is 0.290. The summed E-state index contributed by atoms with van der Waals surface area (Å²) < 4.78 is 56.0. The van der Waals surface area contributed by atoms with Crippen LogP contribution in [0.4, 0.5) is 17.2 Å². The fourth-order valence-corrected chi connectivity index (χ4v) is 9.10. The number of pyridine rings is 1. The van der Waals surface area contributed by atoms with Crippen molar-refractivity contribution in [3.05, 3.63) is 60.6 Å². The Morgan fingerprint density at radius 2 is 1.65 bits per heavy atom. The minimum Gasteiger partial charge on any atom is -0.399 e. The third-order valence-corrected chi connectivity index (χ3v) is 12.2. The van der Waals surface area contributed by atoms with Crippen LogP contribution in [0.25, 0.3) is 32.8 Å². The van der Waals surface area contributed by atoms with Gasteiger partial charge in [0.2, 0.25) is 16.9 Å². The number of aliphatic hydroxyl groups is 1. The summed E-state index contributed by atoms with van der Waals surface area (Å²) in [5, 5.41) is 15.7. The minimum absolute atomic E-state index is 0.00216. The molecule has 55 heavy (non-hydrogen) atoms. The highest BCUT2D eigenvalue weighted by atomic mass is 31.3. The Hall–Kier alpha value is -4.51. The number of carbonyl (C=O) groups excluding carboxylic acids is 1. The first-order chi connectivity index (χ1) is 25.9. The molecule has 3 aromatic heterocycles. The first kappa shape index (κ1) is 40.2. The normalized spacial score (nSPS) is 19.5. The number of anilines is 3. The number of hydrogen-bond donors (Lipinski definition) is 9. The molecule has 1 fully saturated rings. The number of aliphatic hydroxyl groups excluding tert-OH is 1. The first-order valence-electron chi connectivity index (χ1n) is 16.3. The zero-order chi connectivity index (χ0) is 39.7. The number of carbonyl (C=O) groups is 1. The van der Waals surface area contributed by atoms with Crippen LogP contribution in [0.5, 0.6) is 0 Å². The third kappa shape index (κ3) is 9.84. The van der Waals surface area contributed by atoms with Crippen LogP contribution in [0.15, 0.2) is 55.0 Å². The summed E-state index contributed by atoms with van der Waals surface area (Å²) in [6, 6.07) is 13.4. The van der Waals surface area contributed by atoms with E-state index in [1.165, 1.54) is 17.1 Å². The van der Waals surface area contributed by atoms with Gasteiger partial charge in [-0.15, -0.1) is 0 Å². The van der Waals surface area contributed by atoms with Crippen molar-refractivity contribution >= 4 is 79.4 Å². The maximum atomic E-state index is 12.8. The number of ether oxygens (including phenoxy) is 1. The predicted molar refractivity (Wildman–Crippen MR) is 196 cm³/mol. The maximum Gasteiger partial charge on any atom is 0.490 e. The highest BCUT2D eigenvalue weighted by Crippen LogP contribution is 2.66. The summed E-state index contributed by atoms with van der Waals surface area (Å²) in [5.41, 5.74) is 22.0. The van der Waals surface area contributed by atoms with Crippen LogP contribution in [0, 0.1) is 11.8 Å². The van der Waals surface area contributed by atoms with E-state index in [1.54, 1.807) is 0 Å². The molecule has 2 aromatic carbocycles. The fourth-order valence-electron chi connectivity index (χ4n) is 6.07. The van der Waals surface area contributed by atoms with E-state index in [1.807, 2.05) is 36.4 Å². The van der Waals surface area contributed by atoms with Crippen molar-refractivity contribution in [2.45, 2.75) is 44.2 Å². The van der Waals surface area contributed by atoms with Crippen molar-refractivity contribution in [1.82, 2.24) is 19.9 Å². The molecule has 292 valence electrons. The Morgan fingerprint density at radius 3 is 2.31 bits per heavy atom. The van der Waals surface area contributed by atoms with Crippen molar-refractivity contribution in [1.29, 1.82) is 0 Å². The number of phosphoric acid groups is 3. The number of phosphoric ester groups is 1. The molecule has 24 heteroatoms. The number of hydrogen-bond acceptors (Lipinski definition) is 14. The van der Waals surface area contributed by atoms with Gasteiger partial charge in [-0.05, 0) is 30.3 Å². The molecule has 0 aliphatic carbocycles. The van der Waals surface area contributed by atoms with Gasteiger partial charge in [-0.3, -0.25) is 9.32 Å². The third-order valence-electron chi connectivity index (χ3n) is 8.36. The summed E-state index contributed by atoms with van der Waals surface area (Å²) >= 11 is 0. The largest absolute Gasteiger partial charge is 0.490 e. The lowest BCUT2D eigenvalue weighted by atomic mass is 10.1. The summed E-state index contributed by atoms with van der Waals surface area (Å²) in [6.45, 7) is -0.335. The zero-order valence-electron chi connectivity index (χ0n) is 28.5. The van der Waals surface area contributed by atoms with Crippen molar-refractivity contribution in [3.63, 3.8) is 0 Å². The minimum atomic E-state index is -5.73. The molecule has 0 bridgehead atoms. The summed E-state index contributed by atoms with van der Waals surface area (Å²) in [6.07, 6.45) is -0.154. The van der Waals surface area contributed by atoms with Gasteiger partial charge in [-0.25, -0.2) is 23.7 Å². The molecule has 1 aliphatic rings. The molecule has 0 radical (unpaired) electrons. The number of amides is 1. The van der Waals surface area contributed by atoms with Crippen molar-refractivity contribution < 1.29 is 65.6 Å². The molecule has 5 atom stereocenters. The highest BCUT2D eigenvalue weighted by molar-refractivity contribution is 7.66. The number of nitrogens with one attached hydrogen (secondary N) is 1. The van der Waals surface area contributed by atoms with Gasteiger partial charge in [0.1, 0.15) is 36.7 Å². The lowest BCUT2D eigenvalue weighted by Crippen LogP contribution is -2.36. The first-order valence-corrected chi connectivity index (χ1v) is 20.8. The van der Waals surface area contributed by atoms with Gasteiger partial charge in [0.25, 0.3) is 0 Å². The van der Waals surface area contributed by atoms with Gasteiger partial charge in [0.05, 0.1) is 30.2 Å². The maximum absolute atomic E-state index is 12.8. The van der Waals surface area contributed by atoms with E-state index < -0.39 is 48.5 Å². The van der Waals surface area contributed by atoms with E-state index in [-0.39, 0.29) is 36.8 Å². The van der Waals surface area contributed by atoms with Gasteiger partial charge in [0.15, 0.2) is 0 Å². The molecule has 1 aliphatic heterocycles. The van der Waals surface area contributed by atoms with Gasteiger partial charge >= 0.3 is 23.5 Å². The summed E-state index contributed by atoms with van der Waals surface area (Å²) in [7, 11) is -16.8.